The van der Waals surface area contributed by atoms with Crippen LogP contribution in [0.15, 0.2) is 18.3 Å². The lowest BCUT2D eigenvalue weighted by atomic mass is 10.1. The van der Waals surface area contributed by atoms with Crippen LogP contribution in [0.1, 0.15) is 17.4 Å². The van der Waals surface area contributed by atoms with Gasteiger partial charge in [-0.3, -0.25) is 14.6 Å². The van der Waals surface area contributed by atoms with Crippen LogP contribution in [0.5, 0.6) is 0 Å². The standard InChI is InChI=1S/C13H19N3O3/c1-9(13(18)19)8-16(4)10-5-6-14-11(7-10)12(17)15(2)3/h5-7,9H,8H2,1-4H3,(H,18,19). The predicted molar refractivity (Wildman–Crippen MR) is 72.3 cm³/mol. The van der Waals surface area contributed by atoms with Gasteiger partial charge in [0.05, 0.1) is 5.92 Å². The maximum Gasteiger partial charge on any atom is 0.308 e. The van der Waals surface area contributed by atoms with Crippen molar-refractivity contribution in [3.05, 3.63) is 24.0 Å². The molecule has 6 heteroatoms. The molecule has 1 unspecified atom stereocenters. The van der Waals surface area contributed by atoms with E-state index < -0.39 is 11.9 Å². The molecule has 1 amide bonds. The number of anilines is 1. The van der Waals surface area contributed by atoms with Crippen LogP contribution in [0.3, 0.4) is 0 Å². The van der Waals surface area contributed by atoms with Crippen molar-refractivity contribution in [3.8, 4) is 0 Å². The summed E-state index contributed by atoms with van der Waals surface area (Å²) in [7, 11) is 5.11. The third kappa shape index (κ3) is 3.94. The maximum absolute atomic E-state index is 11.8. The lowest BCUT2D eigenvalue weighted by Gasteiger charge is -2.22. The van der Waals surface area contributed by atoms with Crippen LogP contribution in [0.2, 0.25) is 0 Å². The van der Waals surface area contributed by atoms with Gasteiger partial charge < -0.3 is 14.9 Å². The minimum Gasteiger partial charge on any atom is -0.481 e. The van der Waals surface area contributed by atoms with E-state index in [0.29, 0.717) is 12.2 Å². The number of carbonyl (C=O) groups excluding carboxylic acids is 1. The first-order valence-corrected chi connectivity index (χ1v) is 5.94. The molecule has 0 bridgehead atoms. The topological polar surface area (TPSA) is 73.7 Å². The van der Waals surface area contributed by atoms with Gasteiger partial charge in [0.2, 0.25) is 0 Å². The Balaban J connectivity index is 2.87. The highest BCUT2D eigenvalue weighted by molar-refractivity contribution is 5.92. The second-order valence-electron chi connectivity index (χ2n) is 4.72. The Morgan fingerprint density at radius 1 is 1.37 bits per heavy atom. The molecular weight excluding hydrogens is 246 g/mol. The summed E-state index contributed by atoms with van der Waals surface area (Å²) in [6, 6.07) is 3.41. The largest absolute Gasteiger partial charge is 0.481 e. The van der Waals surface area contributed by atoms with Crippen LogP contribution in [0, 0.1) is 5.92 Å². The molecule has 0 fully saturated rings. The molecule has 0 saturated heterocycles. The van der Waals surface area contributed by atoms with Crippen molar-refractivity contribution < 1.29 is 14.7 Å². The van der Waals surface area contributed by atoms with Crippen molar-refractivity contribution in [1.82, 2.24) is 9.88 Å². The van der Waals surface area contributed by atoms with Gasteiger partial charge in [0.25, 0.3) is 5.91 Å². The van der Waals surface area contributed by atoms with Crippen LogP contribution < -0.4 is 4.90 Å². The van der Waals surface area contributed by atoms with Gasteiger partial charge in [0, 0.05) is 39.6 Å². The van der Waals surface area contributed by atoms with Crippen LogP contribution in [-0.4, -0.2) is 54.6 Å². The molecule has 0 spiro atoms. The molecule has 0 radical (unpaired) electrons. The van der Waals surface area contributed by atoms with Gasteiger partial charge in [-0.25, -0.2) is 0 Å². The van der Waals surface area contributed by atoms with Crippen molar-refractivity contribution in [2.75, 3.05) is 32.6 Å². The van der Waals surface area contributed by atoms with Gasteiger partial charge in [-0.15, -0.1) is 0 Å². The number of hydrogen-bond acceptors (Lipinski definition) is 4. The third-order valence-corrected chi connectivity index (χ3v) is 2.78. The predicted octanol–water partition coefficient (Wildman–Crippen LogP) is 0.940. The Morgan fingerprint density at radius 3 is 2.53 bits per heavy atom. The fourth-order valence-corrected chi connectivity index (χ4v) is 1.60. The van der Waals surface area contributed by atoms with Crippen molar-refractivity contribution in [2.45, 2.75) is 6.92 Å². The van der Waals surface area contributed by atoms with Gasteiger partial charge in [0.15, 0.2) is 0 Å². The Hall–Kier alpha value is -2.11. The first kappa shape index (κ1) is 14.9. The summed E-state index contributed by atoms with van der Waals surface area (Å²) in [6.07, 6.45) is 1.55. The monoisotopic (exact) mass is 265 g/mol. The smallest absolute Gasteiger partial charge is 0.308 e. The van der Waals surface area contributed by atoms with Gasteiger partial charge in [-0.05, 0) is 12.1 Å². The Kier molecular flexibility index (Phi) is 4.86. The molecule has 19 heavy (non-hydrogen) atoms. The Bertz CT molecular complexity index is 474. The van der Waals surface area contributed by atoms with E-state index in [1.807, 2.05) is 0 Å². The first-order chi connectivity index (χ1) is 8.82. The number of carboxylic acid groups (broad SMARTS) is 1. The Morgan fingerprint density at radius 2 is 2.00 bits per heavy atom. The zero-order chi connectivity index (χ0) is 14.6. The quantitative estimate of drug-likeness (QED) is 0.857. The van der Waals surface area contributed by atoms with E-state index in [4.69, 9.17) is 5.11 Å². The van der Waals surface area contributed by atoms with Gasteiger partial charge in [0.1, 0.15) is 5.69 Å². The average molecular weight is 265 g/mol. The molecule has 104 valence electrons. The summed E-state index contributed by atoms with van der Waals surface area (Å²) in [5.74, 6) is -1.50. The van der Waals surface area contributed by atoms with E-state index in [1.165, 1.54) is 4.90 Å². The number of hydrogen-bond donors (Lipinski definition) is 1. The van der Waals surface area contributed by atoms with Crippen molar-refractivity contribution in [1.29, 1.82) is 0 Å². The van der Waals surface area contributed by atoms with E-state index in [1.54, 1.807) is 51.3 Å². The van der Waals surface area contributed by atoms with E-state index in [9.17, 15) is 9.59 Å². The second-order valence-corrected chi connectivity index (χ2v) is 4.72. The minimum absolute atomic E-state index is 0.179. The number of nitrogens with zero attached hydrogens (tertiary/aromatic N) is 3. The minimum atomic E-state index is -0.842. The second kappa shape index (κ2) is 6.17. The third-order valence-electron chi connectivity index (χ3n) is 2.78. The molecule has 0 aliphatic carbocycles. The highest BCUT2D eigenvalue weighted by atomic mass is 16.4. The zero-order valence-electron chi connectivity index (χ0n) is 11.6. The normalized spacial score (nSPS) is 11.8. The number of aromatic nitrogens is 1. The van der Waals surface area contributed by atoms with E-state index in [2.05, 4.69) is 4.98 Å². The van der Waals surface area contributed by atoms with Crippen LogP contribution >= 0.6 is 0 Å². The molecule has 0 saturated carbocycles. The van der Waals surface area contributed by atoms with Crippen LogP contribution in [-0.2, 0) is 4.79 Å². The summed E-state index contributed by atoms with van der Waals surface area (Å²) in [6.45, 7) is 2.01. The lowest BCUT2D eigenvalue weighted by Crippen LogP contribution is -2.29. The molecule has 6 nitrogen and oxygen atoms in total. The summed E-state index contributed by atoms with van der Waals surface area (Å²) in [5.41, 5.74) is 1.12. The molecule has 1 N–H and O–H groups in total. The number of aliphatic carboxylic acids is 1. The Labute approximate surface area is 112 Å². The average Bonchev–Trinajstić information content (AvgIpc) is 2.37. The molecule has 0 aromatic carbocycles. The molecule has 1 aromatic heterocycles. The molecule has 0 aliphatic heterocycles. The molecule has 1 atom stereocenters. The van der Waals surface area contributed by atoms with E-state index >= 15 is 0 Å². The fourth-order valence-electron chi connectivity index (χ4n) is 1.60. The summed E-state index contributed by atoms with van der Waals surface area (Å²) < 4.78 is 0. The summed E-state index contributed by atoms with van der Waals surface area (Å²) in [5, 5.41) is 8.89. The van der Waals surface area contributed by atoms with Gasteiger partial charge in [-0.1, -0.05) is 6.92 Å². The lowest BCUT2D eigenvalue weighted by molar-refractivity contribution is -0.140. The number of rotatable bonds is 5. The SMILES string of the molecule is CC(CN(C)c1ccnc(C(=O)N(C)C)c1)C(=O)O. The van der Waals surface area contributed by atoms with E-state index in [0.717, 1.165) is 5.69 Å². The van der Waals surface area contributed by atoms with Crippen LogP contribution in [0.25, 0.3) is 0 Å². The molecule has 1 aromatic rings. The summed E-state index contributed by atoms with van der Waals surface area (Å²) >= 11 is 0. The molecule has 0 aliphatic rings. The number of carboxylic acids is 1. The molecule has 1 rings (SSSR count). The number of amides is 1. The highest BCUT2D eigenvalue weighted by Crippen LogP contribution is 2.15. The zero-order valence-corrected chi connectivity index (χ0v) is 11.6. The highest BCUT2D eigenvalue weighted by Gasteiger charge is 2.16. The van der Waals surface area contributed by atoms with Crippen molar-refractivity contribution >= 4 is 17.6 Å². The van der Waals surface area contributed by atoms with E-state index in [-0.39, 0.29) is 5.91 Å². The number of pyridine rings is 1. The summed E-state index contributed by atoms with van der Waals surface area (Å²) in [4.78, 5) is 29.9. The van der Waals surface area contributed by atoms with Crippen LogP contribution in [0.4, 0.5) is 5.69 Å². The number of carbonyl (C=O) groups is 2. The van der Waals surface area contributed by atoms with Crippen molar-refractivity contribution in [3.63, 3.8) is 0 Å². The fraction of sp³-hybridized carbons (Fsp3) is 0.462. The first-order valence-electron chi connectivity index (χ1n) is 5.94. The van der Waals surface area contributed by atoms with Gasteiger partial charge >= 0.3 is 5.97 Å². The maximum atomic E-state index is 11.8. The molecular formula is C13H19N3O3. The van der Waals surface area contributed by atoms with Gasteiger partial charge in [-0.2, -0.15) is 0 Å². The molecule has 1 heterocycles. The van der Waals surface area contributed by atoms with Crippen molar-refractivity contribution in [2.24, 2.45) is 5.92 Å².